The van der Waals surface area contributed by atoms with Crippen molar-refractivity contribution in [1.82, 2.24) is 5.32 Å². The Morgan fingerprint density at radius 3 is 2.47 bits per heavy atom. The molecule has 19 heavy (non-hydrogen) atoms. The fraction of sp³-hybridized carbons (Fsp3) is 0.562. The van der Waals surface area contributed by atoms with E-state index in [9.17, 15) is 9.90 Å². The Morgan fingerprint density at radius 1 is 1.16 bits per heavy atom. The van der Waals surface area contributed by atoms with Gasteiger partial charge in [0.2, 0.25) is 0 Å². The smallest absolute Gasteiger partial charge is 0.252 e. The minimum atomic E-state index is -0.407. The number of amides is 1. The van der Waals surface area contributed by atoms with Crippen LogP contribution in [-0.4, -0.2) is 23.2 Å². The first-order chi connectivity index (χ1) is 9.09. The van der Waals surface area contributed by atoms with E-state index in [1.807, 2.05) is 32.0 Å². The largest absolute Gasteiger partial charge is 0.391 e. The third-order valence-corrected chi connectivity index (χ3v) is 4.00. The van der Waals surface area contributed by atoms with E-state index in [-0.39, 0.29) is 11.9 Å². The number of aliphatic hydroxyl groups is 1. The lowest BCUT2D eigenvalue weighted by Gasteiger charge is -2.22. The molecule has 0 spiro atoms. The molecule has 2 N–H and O–H groups in total. The second-order valence-electron chi connectivity index (χ2n) is 5.55. The van der Waals surface area contributed by atoms with Gasteiger partial charge in [-0.05, 0) is 37.8 Å². The van der Waals surface area contributed by atoms with Gasteiger partial charge in [0.1, 0.15) is 0 Å². The van der Waals surface area contributed by atoms with Gasteiger partial charge in [-0.15, -0.1) is 0 Å². The van der Waals surface area contributed by atoms with E-state index < -0.39 is 6.10 Å². The molecule has 1 aliphatic carbocycles. The summed E-state index contributed by atoms with van der Waals surface area (Å²) in [5.74, 6) is -0.0541. The molecule has 3 heteroatoms. The molecule has 2 atom stereocenters. The summed E-state index contributed by atoms with van der Waals surface area (Å²) < 4.78 is 0. The Morgan fingerprint density at radius 2 is 1.79 bits per heavy atom. The molecule has 0 aromatic heterocycles. The quantitative estimate of drug-likeness (QED) is 0.804. The van der Waals surface area contributed by atoms with Crippen LogP contribution in [0.3, 0.4) is 0 Å². The first kappa shape index (κ1) is 14.1. The van der Waals surface area contributed by atoms with Crippen molar-refractivity contribution < 1.29 is 9.90 Å². The molecule has 104 valence electrons. The average molecular weight is 261 g/mol. The summed E-state index contributed by atoms with van der Waals surface area (Å²) in [6.45, 7) is 3.90. The predicted octanol–water partition coefficient (Wildman–Crippen LogP) is 2.73. The minimum Gasteiger partial charge on any atom is -0.391 e. The van der Waals surface area contributed by atoms with Crippen LogP contribution in [0.5, 0.6) is 0 Å². The van der Waals surface area contributed by atoms with Gasteiger partial charge in [0.05, 0.1) is 12.1 Å². The van der Waals surface area contributed by atoms with Crippen LogP contribution < -0.4 is 5.32 Å². The van der Waals surface area contributed by atoms with E-state index >= 15 is 0 Å². The molecule has 1 amide bonds. The third kappa shape index (κ3) is 3.35. The summed E-state index contributed by atoms with van der Waals surface area (Å²) >= 11 is 0. The number of benzene rings is 1. The zero-order valence-corrected chi connectivity index (χ0v) is 11.8. The predicted molar refractivity (Wildman–Crippen MR) is 76.3 cm³/mol. The fourth-order valence-corrected chi connectivity index (χ4v) is 2.87. The first-order valence-corrected chi connectivity index (χ1v) is 7.14. The Bertz CT molecular complexity index is 436. The first-order valence-electron chi connectivity index (χ1n) is 7.14. The summed E-state index contributed by atoms with van der Waals surface area (Å²) in [5.41, 5.74) is 2.72. The van der Waals surface area contributed by atoms with E-state index in [1.54, 1.807) is 0 Å². The number of carbonyl (C=O) groups excluding carboxylic acids is 1. The Labute approximate surface area is 115 Å². The number of hydrogen-bond acceptors (Lipinski definition) is 2. The number of hydrogen-bond donors (Lipinski definition) is 2. The van der Waals surface area contributed by atoms with Crippen molar-refractivity contribution in [2.75, 3.05) is 0 Å². The molecule has 1 aromatic carbocycles. The highest BCUT2D eigenvalue weighted by Gasteiger charge is 2.24. The van der Waals surface area contributed by atoms with Gasteiger partial charge in [0, 0.05) is 5.56 Å². The van der Waals surface area contributed by atoms with Crippen molar-refractivity contribution in [3.63, 3.8) is 0 Å². The van der Waals surface area contributed by atoms with E-state index in [1.165, 1.54) is 0 Å². The Balaban J connectivity index is 2.12. The lowest BCUT2D eigenvalue weighted by atomic mass is 10.0. The van der Waals surface area contributed by atoms with Crippen LogP contribution in [0.25, 0.3) is 0 Å². The summed E-state index contributed by atoms with van der Waals surface area (Å²) in [6, 6.07) is 5.76. The van der Waals surface area contributed by atoms with E-state index in [2.05, 4.69) is 5.32 Å². The number of carbonyl (C=O) groups is 1. The summed E-state index contributed by atoms with van der Waals surface area (Å²) in [5, 5.41) is 13.1. The number of rotatable bonds is 2. The number of nitrogens with one attached hydrogen (secondary N) is 1. The van der Waals surface area contributed by atoms with Gasteiger partial charge >= 0.3 is 0 Å². The van der Waals surface area contributed by atoms with Gasteiger partial charge in [0.25, 0.3) is 5.91 Å². The monoisotopic (exact) mass is 261 g/mol. The zero-order chi connectivity index (χ0) is 13.8. The molecule has 1 saturated carbocycles. The topological polar surface area (TPSA) is 49.3 Å². The van der Waals surface area contributed by atoms with Crippen molar-refractivity contribution in [3.05, 3.63) is 34.9 Å². The molecule has 0 radical (unpaired) electrons. The molecule has 0 aliphatic heterocycles. The maximum atomic E-state index is 12.4. The molecule has 0 heterocycles. The molecule has 1 fully saturated rings. The SMILES string of the molecule is Cc1cccc(C)c1C(=O)NC1CCCCCC1O. The molecule has 0 bridgehead atoms. The van der Waals surface area contributed by atoms with Crippen LogP contribution >= 0.6 is 0 Å². The highest BCUT2D eigenvalue weighted by molar-refractivity contribution is 5.97. The van der Waals surface area contributed by atoms with Crippen LogP contribution in [0.4, 0.5) is 0 Å². The van der Waals surface area contributed by atoms with Crippen LogP contribution in [0.1, 0.15) is 53.6 Å². The highest BCUT2D eigenvalue weighted by Crippen LogP contribution is 2.19. The molecule has 3 nitrogen and oxygen atoms in total. The van der Waals surface area contributed by atoms with E-state index in [0.29, 0.717) is 0 Å². The standard InChI is InChI=1S/C16H23NO2/c1-11-7-6-8-12(2)15(11)16(19)17-13-9-4-3-5-10-14(13)18/h6-8,13-14,18H,3-5,9-10H2,1-2H3,(H,17,19). The van der Waals surface area contributed by atoms with Crippen LogP contribution in [0.2, 0.25) is 0 Å². The lowest BCUT2D eigenvalue weighted by Crippen LogP contribution is -2.43. The highest BCUT2D eigenvalue weighted by atomic mass is 16.3. The lowest BCUT2D eigenvalue weighted by molar-refractivity contribution is 0.0817. The molecule has 1 aromatic rings. The summed E-state index contributed by atoms with van der Waals surface area (Å²) in [4.78, 5) is 12.4. The minimum absolute atomic E-state index is 0.0541. The second kappa shape index (κ2) is 6.20. The molecule has 0 saturated heterocycles. The van der Waals surface area contributed by atoms with Crippen molar-refractivity contribution in [2.24, 2.45) is 0 Å². The number of aliphatic hydroxyl groups excluding tert-OH is 1. The Hall–Kier alpha value is -1.35. The maximum absolute atomic E-state index is 12.4. The van der Waals surface area contributed by atoms with Crippen molar-refractivity contribution in [2.45, 2.75) is 58.1 Å². The molecular weight excluding hydrogens is 238 g/mol. The van der Waals surface area contributed by atoms with Gasteiger partial charge in [0.15, 0.2) is 0 Å². The fourth-order valence-electron chi connectivity index (χ4n) is 2.87. The maximum Gasteiger partial charge on any atom is 0.252 e. The molecule has 1 aliphatic rings. The van der Waals surface area contributed by atoms with Crippen molar-refractivity contribution >= 4 is 5.91 Å². The van der Waals surface area contributed by atoms with Gasteiger partial charge in [-0.1, -0.05) is 37.5 Å². The zero-order valence-electron chi connectivity index (χ0n) is 11.8. The van der Waals surface area contributed by atoms with Crippen LogP contribution in [0, 0.1) is 13.8 Å². The van der Waals surface area contributed by atoms with E-state index in [0.717, 1.165) is 48.8 Å². The molecular formula is C16H23NO2. The number of aryl methyl sites for hydroxylation is 2. The molecule has 2 rings (SSSR count). The van der Waals surface area contributed by atoms with Gasteiger partial charge < -0.3 is 10.4 Å². The van der Waals surface area contributed by atoms with Gasteiger partial charge in [-0.25, -0.2) is 0 Å². The van der Waals surface area contributed by atoms with Crippen LogP contribution in [0.15, 0.2) is 18.2 Å². The van der Waals surface area contributed by atoms with Gasteiger partial charge in [-0.2, -0.15) is 0 Å². The molecule has 2 unspecified atom stereocenters. The Kier molecular flexibility index (Phi) is 4.59. The summed E-state index contributed by atoms with van der Waals surface area (Å²) in [7, 11) is 0. The average Bonchev–Trinajstić information content (AvgIpc) is 2.55. The normalized spacial score (nSPS) is 23.7. The summed E-state index contributed by atoms with van der Waals surface area (Å²) in [6.07, 6.45) is 4.53. The van der Waals surface area contributed by atoms with Gasteiger partial charge in [-0.3, -0.25) is 4.79 Å². The van der Waals surface area contributed by atoms with Crippen molar-refractivity contribution in [1.29, 1.82) is 0 Å². The second-order valence-corrected chi connectivity index (χ2v) is 5.55. The third-order valence-electron chi connectivity index (χ3n) is 4.00. The van der Waals surface area contributed by atoms with Crippen LogP contribution in [-0.2, 0) is 0 Å². The van der Waals surface area contributed by atoms with E-state index in [4.69, 9.17) is 0 Å². The van der Waals surface area contributed by atoms with Crippen molar-refractivity contribution in [3.8, 4) is 0 Å².